The Bertz CT molecular complexity index is 446. The van der Waals surface area contributed by atoms with Crippen LogP contribution in [0.5, 0.6) is 0 Å². The van der Waals surface area contributed by atoms with Crippen LogP contribution in [0.4, 0.5) is 5.69 Å². The Morgan fingerprint density at radius 3 is 2.44 bits per heavy atom. The fraction of sp³-hybridized carbons (Fsp3) is 0.462. The van der Waals surface area contributed by atoms with Gasteiger partial charge in [-0.2, -0.15) is 0 Å². The molecule has 1 aromatic rings. The predicted molar refractivity (Wildman–Crippen MR) is 79.4 cm³/mol. The van der Waals surface area contributed by atoms with Gasteiger partial charge in [0.05, 0.1) is 0 Å². The largest absolute Gasteiger partial charge is 0.409 e. The molecule has 0 aromatic heterocycles. The van der Waals surface area contributed by atoms with Gasteiger partial charge in [0.15, 0.2) is 5.84 Å². The number of rotatable bonds is 4. The van der Waals surface area contributed by atoms with Crippen LogP contribution in [0.1, 0.15) is 26.3 Å². The van der Waals surface area contributed by atoms with Gasteiger partial charge in [-0.1, -0.05) is 19.0 Å². The van der Waals surface area contributed by atoms with Crippen molar-refractivity contribution in [1.82, 2.24) is 0 Å². The van der Waals surface area contributed by atoms with E-state index >= 15 is 0 Å². The summed E-state index contributed by atoms with van der Waals surface area (Å²) in [7, 11) is 2.07. The first kappa shape index (κ1) is 14.8. The molecule has 0 fully saturated rings. The molecule has 1 rings (SSSR count). The molecule has 0 heterocycles. The number of hydrogen-bond donors (Lipinski definition) is 2. The summed E-state index contributed by atoms with van der Waals surface area (Å²) in [5.41, 5.74) is 7.37. The van der Waals surface area contributed by atoms with Crippen molar-refractivity contribution in [1.29, 1.82) is 0 Å². The summed E-state index contributed by atoms with van der Waals surface area (Å²) in [6.07, 6.45) is 0. The van der Waals surface area contributed by atoms with E-state index in [1.165, 1.54) is 0 Å². The van der Waals surface area contributed by atoms with Gasteiger partial charge >= 0.3 is 0 Å². The van der Waals surface area contributed by atoms with Crippen LogP contribution in [-0.4, -0.2) is 24.1 Å². The van der Waals surface area contributed by atoms with Gasteiger partial charge in [-0.15, -0.1) is 0 Å². The summed E-state index contributed by atoms with van der Waals surface area (Å²) in [6, 6.07) is 6.23. The molecule has 0 radical (unpaired) electrons. The Morgan fingerprint density at radius 2 is 2.00 bits per heavy atom. The van der Waals surface area contributed by atoms with E-state index in [0.29, 0.717) is 17.5 Å². The molecule has 1 atom stereocenters. The van der Waals surface area contributed by atoms with Gasteiger partial charge < -0.3 is 15.8 Å². The zero-order chi connectivity index (χ0) is 13.9. The van der Waals surface area contributed by atoms with Gasteiger partial charge in [-0.3, -0.25) is 0 Å². The Morgan fingerprint density at radius 1 is 1.39 bits per heavy atom. The van der Waals surface area contributed by atoms with Crippen LogP contribution in [0, 0.1) is 5.92 Å². The first-order valence-corrected chi connectivity index (χ1v) is 6.68. The second-order valence-electron chi connectivity index (χ2n) is 4.74. The Hall–Kier alpha value is -1.23. The van der Waals surface area contributed by atoms with Gasteiger partial charge in [0.2, 0.25) is 0 Å². The zero-order valence-corrected chi connectivity index (χ0v) is 12.8. The quantitative estimate of drug-likeness (QED) is 0.389. The van der Waals surface area contributed by atoms with Crippen molar-refractivity contribution >= 4 is 27.5 Å². The molecule has 0 aliphatic heterocycles. The van der Waals surface area contributed by atoms with Crippen LogP contribution in [0.3, 0.4) is 0 Å². The molecule has 1 unspecified atom stereocenters. The third-order valence-electron chi connectivity index (χ3n) is 3.32. The average molecular weight is 314 g/mol. The van der Waals surface area contributed by atoms with Crippen molar-refractivity contribution in [2.45, 2.75) is 26.8 Å². The predicted octanol–water partition coefficient (Wildman–Crippen LogP) is 3.02. The van der Waals surface area contributed by atoms with Crippen molar-refractivity contribution in [3.05, 3.63) is 28.2 Å². The lowest BCUT2D eigenvalue weighted by Crippen LogP contribution is -2.33. The van der Waals surface area contributed by atoms with Gasteiger partial charge in [0.1, 0.15) is 0 Å². The topological polar surface area (TPSA) is 61.8 Å². The van der Waals surface area contributed by atoms with Crippen LogP contribution in [0.25, 0.3) is 0 Å². The standard InChI is InChI=1S/C13H20BrN3O/c1-8(2)9(3)17(4)10-5-6-11(12(14)7-10)13(15)16-18/h5-9,18H,1-4H3,(H2,15,16). The Balaban J connectivity index is 3.04. The molecule has 0 aliphatic rings. The number of hydrogen-bond acceptors (Lipinski definition) is 3. The highest BCUT2D eigenvalue weighted by atomic mass is 79.9. The second-order valence-corrected chi connectivity index (χ2v) is 5.60. The highest BCUT2D eigenvalue weighted by molar-refractivity contribution is 9.10. The molecule has 0 amide bonds. The second kappa shape index (κ2) is 6.09. The lowest BCUT2D eigenvalue weighted by Gasteiger charge is -2.30. The summed E-state index contributed by atoms with van der Waals surface area (Å²) < 4.78 is 0.818. The van der Waals surface area contributed by atoms with Crippen LogP contribution in [0.2, 0.25) is 0 Å². The zero-order valence-electron chi connectivity index (χ0n) is 11.2. The van der Waals surface area contributed by atoms with Crippen LogP contribution < -0.4 is 10.6 Å². The maximum Gasteiger partial charge on any atom is 0.171 e. The van der Waals surface area contributed by atoms with E-state index < -0.39 is 0 Å². The van der Waals surface area contributed by atoms with E-state index in [2.05, 4.69) is 53.8 Å². The fourth-order valence-electron chi connectivity index (χ4n) is 1.67. The van der Waals surface area contributed by atoms with Crippen molar-refractivity contribution in [3.8, 4) is 0 Å². The fourth-order valence-corrected chi connectivity index (χ4v) is 2.24. The number of nitrogens with zero attached hydrogens (tertiary/aromatic N) is 2. The van der Waals surface area contributed by atoms with Crippen LogP contribution >= 0.6 is 15.9 Å². The summed E-state index contributed by atoms with van der Waals surface area (Å²) >= 11 is 3.44. The molecular formula is C13H20BrN3O. The van der Waals surface area contributed by atoms with E-state index in [1.807, 2.05) is 18.2 Å². The smallest absolute Gasteiger partial charge is 0.171 e. The Labute approximate surface area is 117 Å². The molecule has 0 aliphatic carbocycles. The molecule has 100 valence electrons. The van der Waals surface area contributed by atoms with Crippen molar-refractivity contribution in [3.63, 3.8) is 0 Å². The van der Waals surface area contributed by atoms with Crippen LogP contribution in [0.15, 0.2) is 27.8 Å². The number of benzene rings is 1. The first-order valence-electron chi connectivity index (χ1n) is 5.88. The molecular weight excluding hydrogens is 294 g/mol. The number of anilines is 1. The van der Waals surface area contributed by atoms with Crippen molar-refractivity contribution < 1.29 is 5.21 Å². The van der Waals surface area contributed by atoms with E-state index in [0.717, 1.165) is 10.2 Å². The number of oxime groups is 1. The lowest BCUT2D eigenvalue weighted by atomic mass is 10.0. The minimum atomic E-state index is 0.105. The summed E-state index contributed by atoms with van der Waals surface area (Å²) in [4.78, 5) is 2.21. The van der Waals surface area contributed by atoms with E-state index in [9.17, 15) is 0 Å². The number of nitrogens with two attached hydrogens (primary N) is 1. The van der Waals surface area contributed by atoms with E-state index in [4.69, 9.17) is 10.9 Å². The number of halogens is 1. The Kier molecular flexibility index (Phi) is 5.02. The summed E-state index contributed by atoms with van der Waals surface area (Å²) in [5.74, 6) is 0.672. The van der Waals surface area contributed by atoms with Gasteiger partial charge in [0.25, 0.3) is 0 Å². The summed E-state index contributed by atoms with van der Waals surface area (Å²) in [6.45, 7) is 6.58. The average Bonchev–Trinajstić information content (AvgIpc) is 2.35. The molecule has 0 bridgehead atoms. The third-order valence-corrected chi connectivity index (χ3v) is 3.98. The minimum absolute atomic E-state index is 0.105. The number of amidine groups is 1. The molecule has 0 saturated heterocycles. The van der Waals surface area contributed by atoms with Gasteiger partial charge in [0, 0.05) is 28.8 Å². The highest BCUT2D eigenvalue weighted by Gasteiger charge is 2.15. The molecule has 3 N–H and O–H groups in total. The molecule has 5 heteroatoms. The lowest BCUT2D eigenvalue weighted by molar-refractivity contribution is 0.318. The van der Waals surface area contributed by atoms with Crippen molar-refractivity contribution in [2.24, 2.45) is 16.8 Å². The normalized spacial score (nSPS) is 13.8. The van der Waals surface area contributed by atoms with Gasteiger partial charge in [-0.25, -0.2) is 0 Å². The summed E-state index contributed by atoms with van der Waals surface area (Å²) in [5, 5.41) is 11.7. The molecule has 1 aromatic carbocycles. The highest BCUT2D eigenvalue weighted by Crippen LogP contribution is 2.26. The van der Waals surface area contributed by atoms with E-state index in [1.54, 1.807) is 0 Å². The molecule has 0 saturated carbocycles. The SMILES string of the molecule is CC(C)C(C)N(C)c1ccc(/C(N)=N/O)c(Br)c1. The maximum atomic E-state index is 8.68. The molecule has 18 heavy (non-hydrogen) atoms. The van der Waals surface area contributed by atoms with Crippen molar-refractivity contribution in [2.75, 3.05) is 11.9 Å². The maximum absolute atomic E-state index is 8.68. The monoisotopic (exact) mass is 313 g/mol. The van der Waals surface area contributed by atoms with Crippen LogP contribution in [-0.2, 0) is 0 Å². The van der Waals surface area contributed by atoms with E-state index in [-0.39, 0.29) is 5.84 Å². The minimum Gasteiger partial charge on any atom is -0.409 e. The third kappa shape index (κ3) is 3.16. The van der Waals surface area contributed by atoms with Gasteiger partial charge in [-0.05, 0) is 47.0 Å². The molecule has 4 nitrogen and oxygen atoms in total. The molecule has 0 spiro atoms. The first-order chi connectivity index (χ1) is 8.38.